The van der Waals surface area contributed by atoms with E-state index >= 15 is 0 Å². The van der Waals surface area contributed by atoms with Crippen molar-refractivity contribution < 1.29 is 24.8 Å². The van der Waals surface area contributed by atoms with E-state index in [0.29, 0.717) is 5.41 Å². The normalized spacial score (nSPS) is 24.1. The minimum Gasteiger partial charge on any atom is -0.494 e. The smallest absolute Gasteiger partial charge is 0.132 e. The molecule has 0 spiro atoms. The van der Waals surface area contributed by atoms with Crippen LogP contribution in [0.4, 0.5) is 0 Å². The van der Waals surface area contributed by atoms with Gasteiger partial charge in [0.2, 0.25) is 0 Å². The summed E-state index contributed by atoms with van der Waals surface area (Å²) in [6, 6.07) is 14.2. The Bertz CT molecular complexity index is 994. The van der Waals surface area contributed by atoms with E-state index in [2.05, 4.69) is 51.9 Å². The standard InChI is InChI=1S/C31H47NO5S/c1-21-10-13-23(29-27(34)26(33)28(35)30(37-29)38-6)19-24(21)18-22-11-14-25(15-12-22)36-17-9-7-8-16-31(2,3)20-32(4)5/h10-15,19,26-30,33-35H,7-9,16-18,20H2,1-6H3/t26-,27-,28+,29+,30-/m1/s1. The largest absolute Gasteiger partial charge is 0.494 e. The number of nitrogens with zero attached hydrogens (tertiary/aromatic N) is 1. The van der Waals surface area contributed by atoms with Crippen LogP contribution in [-0.4, -0.2) is 77.5 Å². The van der Waals surface area contributed by atoms with Crippen molar-refractivity contribution in [3.63, 3.8) is 0 Å². The van der Waals surface area contributed by atoms with Crippen LogP contribution >= 0.6 is 11.8 Å². The summed E-state index contributed by atoms with van der Waals surface area (Å²) in [5.74, 6) is 0.890. The molecule has 38 heavy (non-hydrogen) atoms. The first-order valence-electron chi connectivity index (χ1n) is 13.7. The van der Waals surface area contributed by atoms with Gasteiger partial charge in [-0.3, -0.25) is 0 Å². The number of thioether (sulfide) groups is 1. The molecular weight excluding hydrogens is 498 g/mol. The summed E-state index contributed by atoms with van der Waals surface area (Å²) in [6.07, 6.45) is 2.99. The van der Waals surface area contributed by atoms with Crippen LogP contribution in [0.25, 0.3) is 0 Å². The zero-order chi connectivity index (χ0) is 27.9. The number of ether oxygens (including phenoxy) is 2. The average Bonchev–Trinajstić information content (AvgIpc) is 2.86. The fourth-order valence-corrected chi connectivity index (χ4v) is 5.98. The number of aryl methyl sites for hydroxylation is 1. The van der Waals surface area contributed by atoms with Gasteiger partial charge in [0.05, 0.1) is 6.61 Å². The highest BCUT2D eigenvalue weighted by Crippen LogP contribution is 2.36. The molecule has 0 amide bonds. The third kappa shape index (κ3) is 8.70. The van der Waals surface area contributed by atoms with E-state index in [1.807, 2.05) is 36.6 Å². The highest BCUT2D eigenvalue weighted by molar-refractivity contribution is 7.99. The van der Waals surface area contributed by atoms with Gasteiger partial charge in [-0.25, -0.2) is 0 Å². The molecule has 6 nitrogen and oxygen atoms in total. The van der Waals surface area contributed by atoms with E-state index in [0.717, 1.165) is 48.4 Å². The molecule has 0 bridgehead atoms. The molecule has 1 aliphatic rings. The highest BCUT2D eigenvalue weighted by Gasteiger charge is 2.44. The fraction of sp³-hybridized carbons (Fsp3) is 0.613. The third-order valence-electron chi connectivity index (χ3n) is 7.33. The second-order valence-electron chi connectivity index (χ2n) is 11.7. The number of aliphatic hydroxyl groups excluding tert-OH is 3. The molecule has 2 aromatic rings. The molecule has 2 aromatic carbocycles. The summed E-state index contributed by atoms with van der Waals surface area (Å²) in [4.78, 5) is 2.26. The van der Waals surface area contributed by atoms with Gasteiger partial charge in [0.15, 0.2) is 0 Å². The van der Waals surface area contributed by atoms with Crippen LogP contribution in [0.3, 0.4) is 0 Å². The van der Waals surface area contributed by atoms with Crippen LogP contribution in [0, 0.1) is 12.3 Å². The van der Waals surface area contributed by atoms with Gasteiger partial charge in [0.25, 0.3) is 0 Å². The van der Waals surface area contributed by atoms with E-state index in [-0.39, 0.29) is 0 Å². The molecule has 7 heteroatoms. The van der Waals surface area contributed by atoms with Crippen molar-refractivity contribution in [3.8, 4) is 5.75 Å². The number of hydrogen-bond donors (Lipinski definition) is 3. The number of benzene rings is 2. The number of unbranched alkanes of at least 4 members (excludes halogenated alkanes) is 2. The predicted octanol–water partition coefficient (Wildman–Crippen LogP) is 4.96. The molecule has 0 aromatic heterocycles. The molecular formula is C31H47NO5S. The molecule has 0 radical (unpaired) electrons. The molecule has 0 aliphatic carbocycles. The Morgan fingerprint density at radius 1 is 0.947 bits per heavy atom. The number of aliphatic hydroxyl groups is 3. The van der Waals surface area contributed by atoms with Crippen molar-refractivity contribution >= 4 is 11.8 Å². The first-order chi connectivity index (χ1) is 18.0. The summed E-state index contributed by atoms with van der Waals surface area (Å²) >= 11 is 1.32. The van der Waals surface area contributed by atoms with Gasteiger partial charge >= 0.3 is 0 Å². The summed E-state index contributed by atoms with van der Waals surface area (Å²) in [7, 11) is 4.27. The Kier molecular flexibility index (Phi) is 11.5. The van der Waals surface area contributed by atoms with Crippen LogP contribution in [0.5, 0.6) is 5.75 Å². The van der Waals surface area contributed by atoms with Crippen LogP contribution in [-0.2, 0) is 11.2 Å². The molecule has 1 saturated heterocycles. The quantitative estimate of drug-likeness (QED) is 0.307. The van der Waals surface area contributed by atoms with E-state index in [1.165, 1.54) is 36.6 Å². The van der Waals surface area contributed by atoms with Gasteiger partial charge in [-0.15, -0.1) is 11.8 Å². The third-order valence-corrected chi connectivity index (χ3v) is 8.19. The van der Waals surface area contributed by atoms with Gasteiger partial charge in [-0.1, -0.05) is 57.0 Å². The van der Waals surface area contributed by atoms with Crippen molar-refractivity contribution in [2.75, 3.05) is 33.5 Å². The van der Waals surface area contributed by atoms with Gasteiger partial charge in [0.1, 0.15) is 35.6 Å². The zero-order valence-electron chi connectivity index (χ0n) is 23.9. The molecule has 0 saturated carbocycles. The molecule has 3 N–H and O–H groups in total. The van der Waals surface area contributed by atoms with Crippen LogP contribution in [0.2, 0.25) is 0 Å². The predicted molar refractivity (Wildman–Crippen MR) is 156 cm³/mol. The lowest BCUT2D eigenvalue weighted by atomic mass is 9.86. The first kappa shape index (κ1) is 30.9. The topological polar surface area (TPSA) is 82.4 Å². The molecule has 1 fully saturated rings. The minimum atomic E-state index is -1.25. The second-order valence-corrected chi connectivity index (χ2v) is 12.6. The second kappa shape index (κ2) is 14.1. The Morgan fingerprint density at radius 3 is 2.32 bits per heavy atom. The molecule has 5 atom stereocenters. The van der Waals surface area contributed by atoms with Gasteiger partial charge < -0.3 is 29.7 Å². The highest BCUT2D eigenvalue weighted by atomic mass is 32.2. The maximum absolute atomic E-state index is 10.6. The van der Waals surface area contributed by atoms with Crippen molar-refractivity contribution in [1.29, 1.82) is 0 Å². The number of rotatable bonds is 13. The summed E-state index contributed by atoms with van der Waals surface area (Å²) in [5, 5.41) is 31.1. The molecule has 0 unspecified atom stereocenters. The van der Waals surface area contributed by atoms with Crippen molar-refractivity contribution in [1.82, 2.24) is 4.90 Å². The number of hydrogen-bond acceptors (Lipinski definition) is 7. The summed E-state index contributed by atoms with van der Waals surface area (Å²) < 4.78 is 11.9. The Morgan fingerprint density at radius 2 is 1.66 bits per heavy atom. The monoisotopic (exact) mass is 545 g/mol. The van der Waals surface area contributed by atoms with E-state index < -0.39 is 29.9 Å². The zero-order valence-corrected chi connectivity index (χ0v) is 24.7. The molecule has 3 rings (SSSR count). The van der Waals surface area contributed by atoms with Crippen molar-refractivity contribution in [2.24, 2.45) is 5.41 Å². The van der Waals surface area contributed by atoms with Gasteiger partial charge in [-0.05, 0) is 86.3 Å². The Labute approximate surface area is 233 Å². The molecule has 1 heterocycles. The van der Waals surface area contributed by atoms with Crippen molar-refractivity contribution in [3.05, 3.63) is 64.7 Å². The Hall–Kier alpha value is -1.61. The van der Waals surface area contributed by atoms with E-state index in [9.17, 15) is 15.3 Å². The van der Waals surface area contributed by atoms with Crippen LogP contribution < -0.4 is 4.74 Å². The summed E-state index contributed by atoms with van der Waals surface area (Å²) in [5.41, 5.74) is 4.00. The summed E-state index contributed by atoms with van der Waals surface area (Å²) in [6.45, 7) is 8.59. The Balaban J connectivity index is 1.52. The van der Waals surface area contributed by atoms with E-state index in [4.69, 9.17) is 9.47 Å². The van der Waals surface area contributed by atoms with E-state index in [1.54, 1.807) is 0 Å². The maximum atomic E-state index is 10.6. The average molecular weight is 546 g/mol. The van der Waals surface area contributed by atoms with Crippen LogP contribution in [0.1, 0.15) is 67.9 Å². The van der Waals surface area contributed by atoms with Crippen molar-refractivity contribution in [2.45, 2.75) is 82.7 Å². The SMILES string of the molecule is CS[C@H]1O[C@@H](c2ccc(C)c(Cc3ccc(OCCCCCC(C)(C)CN(C)C)cc3)c2)[C@H](O)[C@@H](O)[C@@H]1O. The lowest BCUT2D eigenvalue weighted by Crippen LogP contribution is -2.52. The maximum Gasteiger partial charge on any atom is 0.132 e. The fourth-order valence-electron chi connectivity index (χ4n) is 5.31. The van der Waals surface area contributed by atoms with Crippen LogP contribution in [0.15, 0.2) is 42.5 Å². The lowest BCUT2D eigenvalue weighted by Gasteiger charge is -2.40. The first-order valence-corrected chi connectivity index (χ1v) is 15.0. The molecule has 212 valence electrons. The lowest BCUT2D eigenvalue weighted by molar-refractivity contribution is -0.200. The van der Waals surface area contributed by atoms with Gasteiger partial charge in [-0.2, -0.15) is 0 Å². The molecule has 1 aliphatic heterocycles. The minimum absolute atomic E-state index is 0.349. The van der Waals surface area contributed by atoms with Gasteiger partial charge in [0, 0.05) is 6.54 Å².